The maximum Gasteiger partial charge on any atom is 0.332 e. The van der Waals surface area contributed by atoms with Gasteiger partial charge in [-0.3, -0.25) is 0 Å². The molecule has 3 radical (unpaired) electrons. The van der Waals surface area contributed by atoms with Crippen molar-refractivity contribution in [3.8, 4) is 0 Å². The zero-order valence-corrected chi connectivity index (χ0v) is 43.7. The Labute approximate surface area is 420 Å². The predicted molar refractivity (Wildman–Crippen MR) is 269 cm³/mol. The lowest BCUT2D eigenvalue weighted by Crippen LogP contribution is -2.26. The van der Waals surface area contributed by atoms with Crippen LogP contribution >= 0.6 is 63.7 Å². The Kier molecular flexibility index (Phi) is 37.3. The number of carbonyl (C=O) groups is 3. The monoisotopic (exact) mass is 1160 g/mol. The van der Waals surface area contributed by atoms with Crippen LogP contribution in [0, 0.1) is 0 Å². The first-order chi connectivity index (χ1) is 30.6. The van der Waals surface area contributed by atoms with Crippen molar-refractivity contribution in [1.29, 1.82) is 0 Å². The third-order valence-electron chi connectivity index (χ3n) is 7.85. The van der Waals surface area contributed by atoms with Crippen LogP contribution in [0.15, 0.2) is 115 Å². The molecule has 65 heavy (non-hydrogen) atoms. The quantitative estimate of drug-likeness (QED) is 0.0436. The summed E-state index contributed by atoms with van der Waals surface area (Å²) in [6.07, 6.45) is 5.68. The van der Waals surface area contributed by atoms with E-state index in [1.54, 1.807) is 0 Å². The molecule has 0 atom stereocenters. The fourth-order valence-electron chi connectivity index (χ4n) is 5.05. The fourth-order valence-corrected chi connectivity index (χ4v) is 6.84. The molecule has 0 aliphatic carbocycles. The van der Waals surface area contributed by atoms with E-state index in [1.807, 2.05) is 106 Å². The molecule has 0 spiro atoms. The molecule has 0 aromatic heterocycles. The van der Waals surface area contributed by atoms with Crippen LogP contribution in [0.1, 0.15) is 55.9 Å². The molecule has 5 rings (SSSR count). The third kappa shape index (κ3) is 38.8. The van der Waals surface area contributed by atoms with Crippen LogP contribution in [-0.2, 0) is 68.5 Å². The average molecular weight is 1160 g/mol. The number of carbonyl (C=O) groups excluding carboxylic acids is 1. The summed E-state index contributed by atoms with van der Waals surface area (Å²) in [5.74, 6) is -2.18. The van der Waals surface area contributed by atoms with Gasteiger partial charge in [-0.2, -0.15) is 0 Å². The standard InChI is InChI=1S/C14H19BrO3.2C10H11BrO3.C10H13BrO2.C4H8O.B/c1-14(2,3)18-13(16)10-17-8-7-11-5-4-6-12(15)9-11;2*11-9-3-1-2-8(6-9)4-5-14-7-10(12)13;11-10-3-1-2-9(8-10)4-6-13-7-5-12;1-2-4-5-3-1;/h4-6,9H,7-8,10H2,1-3H3;2*1-3,6H,4-5,7H2,(H,12,13);1-3,8,12H,4-7H2;1-4H2;. The van der Waals surface area contributed by atoms with Crippen LogP contribution < -0.4 is 0 Å². The second-order valence-electron chi connectivity index (χ2n) is 14.7. The highest BCUT2D eigenvalue weighted by atomic mass is 79.9. The van der Waals surface area contributed by atoms with Gasteiger partial charge in [0.25, 0.3) is 0 Å². The van der Waals surface area contributed by atoms with E-state index in [4.69, 9.17) is 43.7 Å². The Morgan fingerprint density at radius 3 is 1.12 bits per heavy atom. The van der Waals surface area contributed by atoms with E-state index in [2.05, 4.69) is 75.9 Å². The van der Waals surface area contributed by atoms with Gasteiger partial charge in [0, 0.05) is 39.5 Å². The summed E-state index contributed by atoms with van der Waals surface area (Å²) in [7, 11) is 0. The maximum atomic E-state index is 11.4. The highest BCUT2D eigenvalue weighted by Gasteiger charge is 2.16. The van der Waals surface area contributed by atoms with Crippen molar-refractivity contribution >= 4 is 90.0 Å². The molecule has 4 aromatic rings. The van der Waals surface area contributed by atoms with Crippen LogP contribution in [0.25, 0.3) is 0 Å². The van der Waals surface area contributed by atoms with Crippen molar-refractivity contribution in [2.45, 2.75) is 64.9 Å². The summed E-state index contributed by atoms with van der Waals surface area (Å²) >= 11 is 13.5. The molecule has 0 unspecified atom stereocenters. The molecular weight excluding hydrogens is 1100 g/mol. The number of halogens is 4. The SMILES string of the molecule is C1CCOC1.CC(C)(C)OC(=O)COCCc1cccc(Br)c1.O=C(O)COCCc1cccc(Br)c1.O=C(O)COCCc1cccc(Br)c1.OCCOCCc1cccc(Br)c1.[B]. The average Bonchev–Trinajstić information content (AvgIpc) is 3.83. The van der Waals surface area contributed by atoms with Gasteiger partial charge >= 0.3 is 17.9 Å². The minimum Gasteiger partial charge on any atom is -0.480 e. The molecule has 12 nitrogen and oxygen atoms in total. The van der Waals surface area contributed by atoms with Gasteiger partial charge < -0.3 is 43.7 Å². The van der Waals surface area contributed by atoms with Crippen molar-refractivity contribution in [3.63, 3.8) is 0 Å². The number of aliphatic hydroxyl groups is 1. The summed E-state index contributed by atoms with van der Waals surface area (Å²) in [6, 6.07) is 31.9. The minimum atomic E-state index is -0.931. The number of aliphatic carboxylic acids is 2. The molecule has 1 fully saturated rings. The predicted octanol–water partition coefficient (Wildman–Crippen LogP) is 9.95. The molecule has 1 aliphatic rings. The summed E-state index contributed by atoms with van der Waals surface area (Å²) in [5, 5.41) is 25.1. The van der Waals surface area contributed by atoms with Crippen LogP contribution in [0.3, 0.4) is 0 Å². The zero-order valence-electron chi connectivity index (χ0n) is 37.4. The molecule has 1 saturated heterocycles. The van der Waals surface area contributed by atoms with E-state index in [0.717, 1.165) is 67.9 Å². The summed E-state index contributed by atoms with van der Waals surface area (Å²) in [5.41, 5.74) is 4.22. The number of carboxylic acids is 2. The van der Waals surface area contributed by atoms with E-state index >= 15 is 0 Å². The van der Waals surface area contributed by atoms with Crippen molar-refractivity contribution in [2.75, 3.05) is 72.7 Å². The molecule has 4 aromatic carbocycles. The lowest BCUT2D eigenvalue weighted by Gasteiger charge is -2.19. The topological polar surface area (TPSA) is 167 Å². The van der Waals surface area contributed by atoms with Crippen molar-refractivity contribution in [2.24, 2.45) is 0 Å². The number of esters is 1. The zero-order chi connectivity index (χ0) is 47.4. The molecule has 0 amide bonds. The Hall–Kier alpha value is -2.97. The van der Waals surface area contributed by atoms with Gasteiger partial charge in [0.15, 0.2) is 0 Å². The van der Waals surface area contributed by atoms with E-state index in [0.29, 0.717) is 33.0 Å². The van der Waals surface area contributed by atoms with Gasteiger partial charge in [-0.25, -0.2) is 14.4 Å². The Morgan fingerprint density at radius 1 is 0.538 bits per heavy atom. The Bertz CT molecular complexity index is 1800. The summed E-state index contributed by atoms with van der Waals surface area (Å²) < 4.78 is 34.6. The number of rotatable bonds is 20. The first-order valence-corrected chi connectivity index (χ1v) is 23.9. The summed E-state index contributed by atoms with van der Waals surface area (Å²) in [6.45, 7) is 9.63. The number of ether oxygens (including phenoxy) is 6. The van der Waals surface area contributed by atoms with E-state index in [9.17, 15) is 14.4 Å². The number of hydrogen-bond acceptors (Lipinski definition) is 10. The van der Waals surface area contributed by atoms with E-state index < -0.39 is 17.5 Å². The first kappa shape index (κ1) is 62.0. The number of aliphatic hydroxyl groups excluding tert-OH is 1. The third-order valence-corrected chi connectivity index (χ3v) is 9.82. The molecule has 0 saturated carbocycles. The highest BCUT2D eigenvalue weighted by Crippen LogP contribution is 2.15. The van der Waals surface area contributed by atoms with Crippen LogP contribution in [0.2, 0.25) is 0 Å². The molecular formula is C48H62BBr4O12. The van der Waals surface area contributed by atoms with Crippen molar-refractivity contribution < 1.29 is 58.1 Å². The van der Waals surface area contributed by atoms with Gasteiger partial charge in [0.1, 0.15) is 25.4 Å². The maximum absolute atomic E-state index is 11.4. The van der Waals surface area contributed by atoms with Gasteiger partial charge in [-0.1, -0.05) is 112 Å². The Balaban J connectivity index is 0.000000810. The van der Waals surface area contributed by atoms with Gasteiger partial charge in [-0.05, 0) is 130 Å². The number of hydrogen-bond donors (Lipinski definition) is 3. The molecule has 17 heteroatoms. The normalized spacial score (nSPS) is 11.4. The van der Waals surface area contributed by atoms with Crippen LogP contribution in [0.5, 0.6) is 0 Å². The molecule has 357 valence electrons. The Morgan fingerprint density at radius 2 is 0.862 bits per heavy atom. The van der Waals surface area contributed by atoms with Crippen molar-refractivity contribution in [3.05, 3.63) is 137 Å². The minimum absolute atomic E-state index is 0. The van der Waals surface area contributed by atoms with Gasteiger partial charge in [0.05, 0.1) is 39.6 Å². The lowest BCUT2D eigenvalue weighted by molar-refractivity contribution is -0.160. The number of carboxylic acid groups (broad SMARTS) is 2. The molecule has 3 N–H and O–H groups in total. The second kappa shape index (κ2) is 39.1. The largest absolute Gasteiger partial charge is 0.480 e. The van der Waals surface area contributed by atoms with Gasteiger partial charge in [-0.15, -0.1) is 0 Å². The number of benzene rings is 4. The highest BCUT2D eigenvalue weighted by molar-refractivity contribution is 9.11. The molecule has 1 aliphatic heterocycles. The smallest absolute Gasteiger partial charge is 0.332 e. The second-order valence-corrected chi connectivity index (χ2v) is 18.4. The van der Waals surface area contributed by atoms with Gasteiger partial charge in [0.2, 0.25) is 0 Å². The van der Waals surface area contributed by atoms with E-state index in [1.165, 1.54) is 24.0 Å². The van der Waals surface area contributed by atoms with Crippen LogP contribution in [-0.4, -0.2) is 120 Å². The molecule has 0 bridgehead atoms. The van der Waals surface area contributed by atoms with E-state index in [-0.39, 0.29) is 40.8 Å². The molecule has 1 heterocycles. The van der Waals surface area contributed by atoms with Crippen molar-refractivity contribution in [1.82, 2.24) is 0 Å². The summed E-state index contributed by atoms with van der Waals surface area (Å²) in [4.78, 5) is 31.6. The fraction of sp³-hybridized carbons (Fsp3) is 0.438. The first-order valence-electron chi connectivity index (χ1n) is 20.7. The lowest BCUT2D eigenvalue weighted by atomic mass is 10.2. The van der Waals surface area contributed by atoms with Crippen LogP contribution in [0.4, 0.5) is 0 Å².